The van der Waals surface area contributed by atoms with Gasteiger partial charge in [-0.25, -0.2) is 0 Å². The van der Waals surface area contributed by atoms with Crippen molar-refractivity contribution < 1.29 is 4.92 Å². The second-order valence-electron chi connectivity index (χ2n) is 5.82. The Morgan fingerprint density at radius 2 is 2.10 bits per heavy atom. The van der Waals surface area contributed by atoms with E-state index in [0.717, 1.165) is 6.42 Å². The normalized spacial score (nSPS) is 17.6. The maximum Gasteiger partial charge on any atom is 0.275 e. The Labute approximate surface area is 131 Å². The van der Waals surface area contributed by atoms with Crippen molar-refractivity contribution in [1.29, 1.82) is 0 Å². The van der Waals surface area contributed by atoms with Crippen LogP contribution >= 0.6 is 11.6 Å². The summed E-state index contributed by atoms with van der Waals surface area (Å²) in [5.41, 5.74) is 0.812. The number of halogens is 1. The van der Waals surface area contributed by atoms with Crippen molar-refractivity contribution in [2.24, 2.45) is 5.92 Å². The molecule has 1 aromatic carbocycles. The van der Waals surface area contributed by atoms with Crippen LogP contribution in [0.3, 0.4) is 0 Å². The molecular formula is C16H23ClN2O2. The molecule has 1 unspecified atom stereocenters. The summed E-state index contributed by atoms with van der Waals surface area (Å²) >= 11 is 5.85. The van der Waals surface area contributed by atoms with Crippen LogP contribution in [0.5, 0.6) is 0 Å². The molecule has 0 amide bonds. The number of benzene rings is 1. The van der Waals surface area contributed by atoms with Crippen molar-refractivity contribution >= 4 is 17.3 Å². The van der Waals surface area contributed by atoms with Gasteiger partial charge < -0.3 is 5.32 Å². The van der Waals surface area contributed by atoms with Gasteiger partial charge in [0.2, 0.25) is 0 Å². The minimum Gasteiger partial charge on any atom is -0.309 e. The molecule has 1 saturated carbocycles. The van der Waals surface area contributed by atoms with Gasteiger partial charge in [0.15, 0.2) is 0 Å². The first-order valence-corrected chi connectivity index (χ1v) is 8.15. The fourth-order valence-corrected chi connectivity index (χ4v) is 3.44. The van der Waals surface area contributed by atoms with Crippen molar-refractivity contribution in [2.45, 2.75) is 58.0 Å². The van der Waals surface area contributed by atoms with Crippen molar-refractivity contribution in [2.75, 3.05) is 0 Å². The fraction of sp³-hybridized carbons (Fsp3) is 0.625. The number of nitrogens with one attached hydrogen (secondary N) is 1. The molecule has 0 spiro atoms. The zero-order valence-electron chi connectivity index (χ0n) is 12.5. The summed E-state index contributed by atoms with van der Waals surface area (Å²) in [6.45, 7) is 2.71. The molecule has 0 bridgehead atoms. The summed E-state index contributed by atoms with van der Waals surface area (Å²) in [5, 5.41) is 15.0. The van der Waals surface area contributed by atoms with Crippen molar-refractivity contribution in [1.82, 2.24) is 5.32 Å². The number of nitro groups is 1. The molecular weight excluding hydrogens is 288 g/mol. The fourth-order valence-electron chi connectivity index (χ4n) is 3.28. The van der Waals surface area contributed by atoms with Crippen LogP contribution in [0, 0.1) is 16.0 Å². The molecule has 1 atom stereocenters. The number of nitro benzene ring substituents is 1. The monoisotopic (exact) mass is 310 g/mol. The topological polar surface area (TPSA) is 55.2 Å². The van der Waals surface area contributed by atoms with Crippen LogP contribution in [0.4, 0.5) is 5.69 Å². The van der Waals surface area contributed by atoms with Gasteiger partial charge in [0, 0.05) is 29.2 Å². The summed E-state index contributed by atoms with van der Waals surface area (Å²) < 4.78 is 0. The third kappa shape index (κ3) is 4.42. The molecule has 116 valence electrons. The zero-order chi connectivity index (χ0) is 15.2. The van der Waals surface area contributed by atoms with E-state index in [2.05, 4.69) is 12.2 Å². The maximum atomic E-state index is 11.1. The van der Waals surface area contributed by atoms with Gasteiger partial charge in [-0.2, -0.15) is 0 Å². The third-order valence-corrected chi connectivity index (χ3v) is 4.69. The van der Waals surface area contributed by atoms with E-state index in [1.807, 2.05) is 0 Å². The van der Waals surface area contributed by atoms with Gasteiger partial charge in [0.25, 0.3) is 5.69 Å². The van der Waals surface area contributed by atoms with Crippen LogP contribution in [-0.4, -0.2) is 11.0 Å². The molecule has 1 aromatic rings. The number of rotatable bonds is 6. The van der Waals surface area contributed by atoms with Gasteiger partial charge >= 0.3 is 0 Å². The average molecular weight is 311 g/mol. The van der Waals surface area contributed by atoms with Gasteiger partial charge in [-0.05, 0) is 37.3 Å². The Kier molecular flexibility index (Phi) is 6.00. The highest BCUT2D eigenvalue weighted by Crippen LogP contribution is 2.29. The largest absolute Gasteiger partial charge is 0.309 e. The van der Waals surface area contributed by atoms with E-state index >= 15 is 0 Å². The lowest BCUT2D eigenvalue weighted by Crippen LogP contribution is -2.36. The SMILES string of the molecule is CCC(NCc1ccc(Cl)cc1[N+](=O)[O-])C1CCCCC1. The lowest BCUT2D eigenvalue weighted by atomic mass is 9.83. The van der Waals surface area contributed by atoms with Gasteiger partial charge in [-0.1, -0.05) is 37.8 Å². The van der Waals surface area contributed by atoms with E-state index in [9.17, 15) is 10.1 Å². The minimum atomic E-state index is -0.357. The highest BCUT2D eigenvalue weighted by Gasteiger charge is 2.23. The Morgan fingerprint density at radius 3 is 2.71 bits per heavy atom. The third-order valence-electron chi connectivity index (χ3n) is 4.46. The summed E-state index contributed by atoms with van der Waals surface area (Å²) in [7, 11) is 0. The number of hydrogen-bond acceptors (Lipinski definition) is 3. The Hall–Kier alpha value is -1.13. The Bertz CT molecular complexity index is 487. The van der Waals surface area contributed by atoms with Crippen molar-refractivity contribution in [3.05, 3.63) is 38.9 Å². The van der Waals surface area contributed by atoms with E-state index in [0.29, 0.717) is 29.1 Å². The standard InChI is InChI=1S/C16H23ClN2O2/c1-2-15(12-6-4-3-5-7-12)18-11-13-8-9-14(17)10-16(13)19(20)21/h8-10,12,15,18H,2-7,11H2,1H3. The van der Waals surface area contributed by atoms with Gasteiger partial charge in [-0.3, -0.25) is 10.1 Å². The summed E-state index contributed by atoms with van der Waals surface area (Å²) in [4.78, 5) is 10.8. The molecule has 0 saturated heterocycles. The van der Waals surface area contributed by atoms with Crippen LogP contribution < -0.4 is 5.32 Å². The van der Waals surface area contributed by atoms with E-state index < -0.39 is 0 Å². The molecule has 1 aliphatic rings. The maximum absolute atomic E-state index is 11.1. The van der Waals surface area contributed by atoms with Crippen LogP contribution in [0.2, 0.25) is 5.02 Å². The molecule has 5 heteroatoms. The molecule has 0 aliphatic heterocycles. The first kappa shape index (κ1) is 16.2. The van der Waals surface area contributed by atoms with Crippen LogP contribution in [0.15, 0.2) is 18.2 Å². The van der Waals surface area contributed by atoms with Crippen molar-refractivity contribution in [3.8, 4) is 0 Å². The average Bonchev–Trinajstić information content (AvgIpc) is 2.50. The molecule has 1 fully saturated rings. The summed E-state index contributed by atoms with van der Waals surface area (Å²) in [6, 6.07) is 5.34. The van der Waals surface area contributed by atoms with Gasteiger partial charge in [0.05, 0.1) is 4.92 Å². The Balaban J connectivity index is 2.02. The molecule has 4 nitrogen and oxygen atoms in total. The summed E-state index contributed by atoms with van der Waals surface area (Å²) in [5.74, 6) is 0.704. The predicted octanol–water partition coefficient (Wildman–Crippen LogP) is 4.70. The highest BCUT2D eigenvalue weighted by atomic mass is 35.5. The molecule has 1 aliphatic carbocycles. The number of hydrogen-bond donors (Lipinski definition) is 1. The van der Waals surface area contributed by atoms with E-state index in [1.165, 1.54) is 38.2 Å². The molecule has 0 heterocycles. The summed E-state index contributed by atoms with van der Waals surface area (Å²) in [6.07, 6.45) is 7.57. The second-order valence-corrected chi connectivity index (χ2v) is 6.26. The highest BCUT2D eigenvalue weighted by molar-refractivity contribution is 6.30. The quantitative estimate of drug-likeness (QED) is 0.612. The molecule has 2 rings (SSSR count). The molecule has 1 N–H and O–H groups in total. The predicted molar refractivity (Wildman–Crippen MR) is 85.6 cm³/mol. The van der Waals surface area contributed by atoms with E-state index in [1.54, 1.807) is 12.1 Å². The minimum absolute atomic E-state index is 0.105. The van der Waals surface area contributed by atoms with Gasteiger partial charge in [-0.15, -0.1) is 0 Å². The first-order chi connectivity index (χ1) is 10.1. The lowest BCUT2D eigenvalue weighted by Gasteiger charge is -2.30. The molecule has 21 heavy (non-hydrogen) atoms. The zero-order valence-corrected chi connectivity index (χ0v) is 13.2. The second kappa shape index (κ2) is 7.76. The van der Waals surface area contributed by atoms with Gasteiger partial charge in [0.1, 0.15) is 0 Å². The smallest absolute Gasteiger partial charge is 0.275 e. The number of nitrogens with zero attached hydrogens (tertiary/aromatic N) is 1. The van der Waals surface area contributed by atoms with Crippen molar-refractivity contribution in [3.63, 3.8) is 0 Å². The molecule has 0 aromatic heterocycles. The Morgan fingerprint density at radius 1 is 1.38 bits per heavy atom. The van der Waals surface area contributed by atoms with Crippen LogP contribution in [0.25, 0.3) is 0 Å². The van der Waals surface area contributed by atoms with Crippen LogP contribution in [-0.2, 0) is 6.54 Å². The van der Waals surface area contributed by atoms with Crippen LogP contribution in [0.1, 0.15) is 51.0 Å². The lowest BCUT2D eigenvalue weighted by molar-refractivity contribution is -0.385. The first-order valence-electron chi connectivity index (χ1n) is 7.78. The van der Waals surface area contributed by atoms with E-state index in [-0.39, 0.29) is 10.6 Å². The molecule has 0 radical (unpaired) electrons. The van der Waals surface area contributed by atoms with E-state index in [4.69, 9.17) is 11.6 Å².